The maximum absolute atomic E-state index is 14.5. The molecule has 1 aliphatic heterocycles. The van der Waals surface area contributed by atoms with Crippen LogP contribution in [-0.4, -0.2) is 63.2 Å². The molecule has 0 unspecified atom stereocenters. The molecule has 1 aliphatic rings. The predicted octanol–water partition coefficient (Wildman–Crippen LogP) is 2.94. The Morgan fingerprint density at radius 1 is 1.05 bits per heavy atom. The zero-order valence-electron chi connectivity index (χ0n) is 21.6. The molecular formula is C26H34FN3O6S. The van der Waals surface area contributed by atoms with Crippen LogP contribution in [-0.2, 0) is 26.2 Å². The number of rotatable bonds is 11. The van der Waals surface area contributed by atoms with Crippen LogP contribution in [0.15, 0.2) is 42.5 Å². The van der Waals surface area contributed by atoms with Gasteiger partial charge in [0.05, 0.1) is 11.4 Å². The van der Waals surface area contributed by atoms with Crippen molar-refractivity contribution in [2.45, 2.75) is 40.3 Å². The van der Waals surface area contributed by atoms with Crippen molar-refractivity contribution in [2.75, 3.05) is 36.4 Å². The van der Waals surface area contributed by atoms with Gasteiger partial charge in [-0.2, -0.15) is 0 Å². The lowest BCUT2D eigenvalue weighted by Crippen LogP contribution is -2.51. The first-order chi connectivity index (χ1) is 17.5. The van der Waals surface area contributed by atoms with Crippen molar-refractivity contribution in [3.63, 3.8) is 0 Å². The number of nitrogens with one attached hydrogen (secondary N) is 1. The molecule has 0 aromatic heterocycles. The van der Waals surface area contributed by atoms with E-state index in [0.717, 1.165) is 4.31 Å². The summed E-state index contributed by atoms with van der Waals surface area (Å²) in [5.74, 6) is -0.812. The molecule has 1 heterocycles. The molecule has 2 aromatic carbocycles. The highest BCUT2D eigenvalue weighted by Crippen LogP contribution is 2.35. The summed E-state index contributed by atoms with van der Waals surface area (Å²) >= 11 is 0. The number of halogens is 1. The van der Waals surface area contributed by atoms with Crippen molar-refractivity contribution in [2.24, 2.45) is 5.92 Å². The van der Waals surface area contributed by atoms with E-state index in [0.29, 0.717) is 31.3 Å². The number of hydrogen-bond acceptors (Lipinski definition) is 6. The molecule has 0 aliphatic carbocycles. The molecule has 0 radical (unpaired) electrons. The van der Waals surface area contributed by atoms with Crippen molar-refractivity contribution >= 4 is 27.5 Å². The maximum Gasteiger partial charge on any atom is 0.244 e. The average Bonchev–Trinajstić information content (AvgIpc) is 2.88. The second-order valence-corrected chi connectivity index (χ2v) is 11.3. The second-order valence-electron chi connectivity index (χ2n) is 9.16. The SMILES string of the molecule is CCS(=O)(=O)N(CC(=O)N(Cc1ccccc1F)[C@H](C)C(=O)NCC(C)C)c1ccc2c(c1)OCCO2. The van der Waals surface area contributed by atoms with Crippen LogP contribution in [0.1, 0.15) is 33.3 Å². The third-order valence-electron chi connectivity index (χ3n) is 5.94. The average molecular weight is 536 g/mol. The van der Waals surface area contributed by atoms with Crippen LogP contribution < -0.4 is 19.1 Å². The number of anilines is 1. The first-order valence-electron chi connectivity index (χ1n) is 12.2. The molecule has 37 heavy (non-hydrogen) atoms. The van der Waals surface area contributed by atoms with E-state index in [1.165, 1.54) is 49.1 Å². The highest BCUT2D eigenvalue weighted by atomic mass is 32.2. The van der Waals surface area contributed by atoms with Crippen LogP contribution >= 0.6 is 0 Å². The standard InChI is InChI=1S/C26H34FN3O6S/c1-5-37(33,34)30(21-10-11-23-24(14-21)36-13-12-35-23)17-25(31)29(16-20-8-6-7-9-22(20)27)19(4)26(32)28-15-18(2)3/h6-11,14,18-19H,5,12-13,15-17H2,1-4H3,(H,28,32)/t19-/m1/s1. The molecule has 0 fully saturated rings. The fraction of sp³-hybridized carbons (Fsp3) is 0.462. The Kier molecular flexibility index (Phi) is 9.36. The van der Waals surface area contributed by atoms with Gasteiger partial charge in [0.25, 0.3) is 0 Å². The van der Waals surface area contributed by atoms with E-state index in [4.69, 9.17) is 9.47 Å². The Labute approximate surface area is 217 Å². The van der Waals surface area contributed by atoms with Crippen molar-refractivity contribution in [3.8, 4) is 11.5 Å². The van der Waals surface area contributed by atoms with E-state index in [1.807, 2.05) is 13.8 Å². The summed E-state index contributed by atoms with van der Waals surface area (Å²) in [6, 6.07) is 9.61. The van der Waals surface area contributed by atoms with Crippen LogP contribution in [0.4, 0.5) is 10.1 Å². The van der Waals surface area contributed by atoms with E-state index in [-0.39, 0.29) is 29.5 Å². The van der Waals surface area contributed by atoms with Gasteiger partial charge in [-0.25, -0.2) is 12.8 Å². The zero-order valence-corrected chi connectivity index (χ0v) is 22.4. The minimum absolute atomic E-state index is 0.187. The molecule has 2 amide bonds. The van der Waals surface area contributed by atoms with Crippen molar-refractivity contribution in [3.05, 3.63) is 53.8 Å². The summed E-state index contributed by atoms with van der Waals surface area (Å²) in [5.41, 5.74) is 0.436. The molecular weight excluding hydrogens is 501 g/mol. The number of carbonyl (C=O) groups is 2. The molecule has 0 bridgehead atoms. The Balaban J connectivity index is 1.94. The van der Waals surface area contributed by atoms with Crippen LogP contribution in [0.2, 0.25) is 0 Å². The molecule has 1 atom stereocenters. The third kappa shape index (κ3) is 7.12. The summed E-state index contributed by atoms with van der Waals surface area (Å²) in [6.45, 7) is 7.20. The number of hydrogen-bond donors (Lipinski definition) is 1. The van der Waals surface area contributed by atoms with Gasteiger partial charge < -0.3 is 19.7 Å². The van der Waals surface area contributed by atoms with E-state index in [2.05, 4.69) is 5.32 Å². The highest BCUT2D eigenvalue weighted by Gasteiger charge is 2.32. The lowest BCUT2D eigenvalue weighted by molar-refractivity contribution is -0.139. The van der Waals surface area contributed by atoms with Crippen LogP contribution in [0, 0.1) is 11.7 Å². The fourth-order valence-corrected chi connectivity index (χ4v) is 4.81. The van der Waals surface area contributed by atoms with E-state index in [1.54, 1.807) is 12.1 Å². The van der Waals surface area contributed by atoms with Crippen LogP contribution in [0.5, 0.6) is 11.5 Å². The minimum Gasteiger partial charge on any atom is -0.486 e. The summed E-state index contributed by atoms with van der Waals surface area (Å²) < 4.78 is 52.7. The largest absolute Gasteiger partial charge is 0.486 e. The zero-order chi connectivity index (χ0) is 27.2. The number of carbonyl (C=O) groups excluding carboxylic acids is 2. The van der Waals surface area contributed by atoms with Gasteiger partial charge in [-0.15, -0.1) is 0 Å². The number of amides is 2. The fourth-order valence-electron chi connectivity index (χ4n) is 3.75. The third-order valence-corrected chi connectivity index (χ3v) is 7.68. The van der Waals surface area contributed by atoms with E-state index in [9.17, 15) is 22.4 Å². The molecule has 0 saturated carbocycles. The van der Waals surface area contributed by atoms with Crippen molar-refractivity contribution in [1.82, 2.24) is 10.2 Å². The molecule has 1 N–H and O–H groups in total. The number of fused-ring (bicyclic) bond motifs is 1. The summed E-state index contributed by atoms with van der Waals surface area (Å²) in [4.78, 5) is 27.7. The number of nitrogens with zero attached hydrogens (tertiary/aromatic N) is 2. The summed E-state index contributed by atoms with van der Waals surface area (Å²) in [6.07, 6.45) is 0. The van der Waals surface area contributed by atoms with Gasteiger partial charge in [0, 0.05) is 24.7 Å². The quantitative estimate of drug-likeness (QED) is 0.474. The molecule has 9 nitrogen and oxygen atoms in total. The summed E-state index contributed by atoms with van der Waals surface area (Å²) in [7, 11) is -3.90. The lowest BCUT2D eigenvalue weighted by Gasteiger charge is -2.32. The molecule has 2 aromatic rings. The Morgan fingerprint density at radius 3 is 2.38 bits per heavy atom. The van der Waals surface area contributed by atoms with Gasteiger partial charge in [0.2, 0.25) is 21.8 Å². The molecule has 3 rings (SSSR count). The van der Waals surface area contributed by atoms with Gasteiger partial charge in [-0.1, -0.05) is 32.0 Å². The number of benzene rings is 2. The molecule has 0 saturated heterocycles. The first-order valence-corrected chi connectivity index (χ1v) is 13.8. The second kappa shape index (κ2) is 12.3. The monoisotopic (exact) mass is 535 g/mol. The van der Waals surface area contributed by atoms with Gasteiger partial charge in [0.15, 0.2) is 11.5 Å². The van der Waals surface area contributed by atoms with Gasteiger partial charge >= 0.3 is 0 Å². The number of sulfonamides is 1. The van der Waals surface area contributed by atoms with Crippen molar-refractivity contribution in [1.29, 1.82) is 0 Å². The first kappa shape index (κ1) is 28.2. The molecule has 11 heteroatoms. The highest BCUT2D eigenvalue weighted by molar-refractivity contribution is 7.92. The molecule has 202 valence electrons. The van der Waals surface area contributed by atoms with Crippen LogP contribution in [0.3, 0.4) is 0 Å². The van der Waals surface area contributed by atoms with Crippen molar-refractivity contribution < 1.29 is 31.9 Å². The van der Waals surface area contributed by atoms with Gasteiger partial charge in [0.1, 0.15) is 31.6 Å². The van der Waals surface area contributed by atoms with Gasteiger partial charge in [-0.3, -0.25) is 13.9 Å². The van der Waals surface area contributed by atoms with E-state index >= 15 is 0 Å². The summed E-state index contributed by atoms with van der Waals surface area (Å²) in [5, 5.41) is 2.79. The minimum atomic E-state index is -3.90. The normalized spacial score (nSPS) is 13.7. The van der Waals surface area contributed by atoms with Gasteiger partial charge in [-0.05, 0) is 38.0 Å². The van der Waals surface area contributed by atoms with E-state index < -0.39 is 40.2 Å². The Hall–Kier alpha value is -3.34. The van der Waals surface area contributed by atoms with Crippen LogP contribution in [0.25, 0.3) is 0 Å². The maximum atomic E-state index is 14.5. The Morgan fingerprint density at radius 2 is 1.73 bits per heavy atom. The lowest BCUT2D eigenvalue weighted by atomic mass is 10.1. The Bertz CT molecular complexity index is 1220. The topological polar surface area (TPSA) is 105 Å². The number of ether oxygens (including phenoxy) is 2. The predicted molar refractivity (Wildman–Crippen MR) is 138 cm³/mol. The smallest absolute Gasteiger partial charge is 0.244 e. The molecule has 0 spiro atoms.